The van der Waals surface area contributed by atoms with Gasteiger partial charge in [-0.05, 0) is 36.8 Å². The first-order valence-electron chi connectivity index (χ1n) is 6.39. The fraction of sp³-hybridized carbons (Fsp3) is 0.133. The summed E-state index contributed by atoms with van der Waals surface area (Å²) in [6.07, 6.45) is 1.74. The predicted molar refractivity (Wildman–Crippen MR) is 84.6 cm³/mol. The van der Waals surface area contributed by atoms with Crippen LogP contribution in [0.2, 0.25) is 10.0 Å². The number of nitrogens with zero attached hydrogens (tertiary/aromatic N) is 1. The number of nitrogens with one attached hydrogen (secondary N) is 2. The van der Waals surface area contributed by atoms with Crippen molar-refractivity contribution in [1.82, 2.24) is 10.2 Å². The highest BCUT2D eigenvalue weighted by Crippen LogP contribution is 2.32. The SMILES string of the molecule is CC(Nc1cccc2[nH]ncc12)c1cc(F)c(Cl)cc1Cl. The maximum Gasteiger partial charge on any atom is 0.142 e. The van der Waals surface area contributed by atoms with E-state index in [-0.39, 0.29) is 11.1 Å². The first-order chi connectivity index (χ1) is 10.1. The molecule has 0 fully saturated rings. The Bertz CT molecular complexity index is 801. The van der Waals surface area contributed by atoms with Crippen LogP contribution in [-0.4, -0.2) is 10.2 Å². The highest BCUT2D eigenvalue weighted by Gasteiger charge is 2.14. The largest absolute Gasteiger partial charge is 0.378 e. The van der Waals surface area contributed by atoms with Crippen molar-refractivity contribution in [1.29, 1.82) is 0 Å². The van der Waals surface area contributed by atoms with Gasteiger partial charge in [0.2, 0.25) is 0 Å². The van der Waals surface area contributed by atoms with Crippen LogP contribution in [0, 0.1) is 5.82 Å². The van der Waals surface area contributed by atoms with Crippen molar-refractivity contribution in [3.63, 3.8) is 0 Å². The van der Waals surface area contributed by atoms with E-state index in [9.17, 15) is 4.39 Å². The van der Waals surface area contributed by atoms with Gasteiger partial charge in [-0.25, -0.2) is 4.39 Å². The quantitative estimate of drug-likeness (QED) is 0.652. The molecule has 0 saturated carbocycles. The molecule has 0 aliphatic heterocycles. The monoisotopic (exact) mass is 323 g/mol. The average molecular weight is 324 g/mol. The molecule has 0 bridgehead atoms. The summed E-state index contributed by atoms with van der Waals surface area (Å²) in [5.41, 5.74) is 2.49. The molecule has 6 heteroatoms. The summed E-state index contributed by atoms with van der Waals surface area (Å²) in [5, 5.41) is 11.7. The average Bonchev–Trinajstić information content (AvgIpc) is 2.92. The third-order valence-electron chi connectivity index (χ3n) is 3.36. The number of aromatic nitrogens is 2. The van der Waals surface area contributed by atoms with Crippen molar-refractivity contribution >= 4 is 39.8 Å². The highest BCUT2D eigenvalue weighted by molar-refractivity contribution is 6.35. The second-order valence-corrected chi connectivity index (χ2v) is 5.61. The number of fused-ring (bicyclic) bond motifs is 1. The molecule has 0 radical (unpaired) electrons. The van der Waals surface area contributed by atoms with E-state index < -0.39 is 5.82 Å². The Hall–Kier alpha value is -1.78. The highest BCUT2D eigenvalue weighted by atomic mass is 35.5. The topological polar surface area (TPSA) is 40.7 Å². The van der Waals surface area contributed by atoms with Crippen LogP contribution in [0.5, 0.6) is 0 Å². The van der Waals surface area contributed by atoms with Crippen LogP contribution in [0.15, 0.2) is 36.5 Å². The molecule has 3 nitrogen and oxygen atoms in total. The summed E-state index contributed by atoms with van der Waals surface area (Å²) in [5.74, 6) is -0.480. The molecule has 1 aromatic heterocycles. The third-order valence-corrected chi connectivity index (χ3v) is 3.98. The molecule has 1 heterocycles. The van der Waals surface area contributed by atoms with Gasteiger partial charge in [-0.2, -0.15) is 5.10 Å². The maximum atomic E-state index is 13.6. The molecule has 0 spiro atoms. The number of anilines is 1. The van der Waals surface area contributed by atoms with Crippen LogP contribution in [0.25, 0.3) is 10.9 Å². The predicted octanol–water partition coefficient (Wildman–Crippen LogP) is 5.18. The molecule has 1 unspecified atom stereocenters. The lowest BCUT2D eigenvalue weighted by Crippen LogP contribution is -2.08. The van der Waals surface area contributed by atoms with Crippen molar-refractivity contribution in [3.8, 4) is 0 Å². The molecular formula is C15H12Cl2FN3. The Labute approximate surface area is 131 Å². The number of rotatable bonds is 3. The summed E-state index contributed by atoms with van der Waals surface area (Å²) in [7, 11) is 0. The smallest absolute Gasteiger partial charge is 0.142 e. The molecule has 3 rings (SSSR count). The van der Waals surface area contributed by atoms with Gasteiger partial charge in [-0.15, -0.1) is 0 Å². The van der Waals surface area contributed by atoms with Crippen LogP contribution in [0.3, 0.4) is 0 Å². The van der Waals surface area contributed by atoms with E-state index in [1.807, 2.05) is 25.1 Å². The van der Waals surface area contributed by atoms with Crippen LogP contribution in [-0.2, 0) is 0 Å². The Morgan fingerprint density at radius 2 is 2.05 bits per heavy atom. The van der Waals surface area contributed by atoms with Gasteiger partial charge in [0.1, 0.15) is 5.82 Å². The van der Waals surface area contributed by atoms with Crippen LogP contribution < -0.4 is 5.32 Å². The zero-order valence-corrected chi connectivity index (χ0v) is 12.6. The Balaban J connectivity index is 1.95. The van der Waals surface area contributed by atoms with Crippen LogP contribution in [0.1, 0.15) is 18.5 Å². The molecule has 3 aromatic rings. The number of hydrogen-bond acceptors (Lipinski definition) is 2. The van der Waals surface area contributed by atoms with E-state index in [4.69, 9.17) is 23.2 Å². The summed E-state index contributed by atoms with van der Waals surface area (Å²) in [4.78, 5) is 0. The Morgan fingerprint density at radius 3 is 2.86 bits per heavy atom. The zero-order valence-electron chi connectivity index (χ0n) is 11.1. The molecule has 0 amide bonds. The van der Waals surface area contributed by atoms with Crippen LogP contribution >= 0.6 is 23.2 Å². The van der Waals surface area contributed by atoms with Crippen molar-refractivity contribution in [2.75, 3.05) is 5.32 Å². The second kappa shape index (κ2) is 5.54. The van der Waals surface area contributed by atoms with E-state index in [0.29, 0.717) is 10.6 Å². The molecule has 0 saturated heterocycles. The lowest BCUT2D eigenvalue weighted by atomic mass is 10.1. The lowest BCUT2D eigenvalue weighted by molar-refractivity contribution is 0.624. The number of halogens is 3. The molecule has 0 aliphatic carbocycles. The van der Waals surface area contributed by atoms with Gasteiger partial charge in [-0.3, -0.25) is 5.10 Å². The molecule has 1 atom stereocenters. The van der Waals surface area contributed by atoms with Gasteiger partial charge >= 0.3 is 0 Å². The fourth-order valence-electron chi connectivity index (χ4n) is 2.27. The molecule has 0 aliphatic rings. The Kier molecular flexibility index (Phi) is 3.74. The minimum Gasteiger partial charge on any atom is -0.378 e. The van der Waals surface area contributed by atoms with E-state index in [1.54, 1.807) is 6.20 Å². The van der Waals surface area contributed by atoms with Gasteiger partial charge < -0.3 is 5.32 Å². The summed E-state index contributed by atoms with van der Waals surface area (Å²) < 4.78 is 13.6. The van der Waals surface area contributed by atoms with Gasteiger partial charge in [-0.1, -0.05) is 29.3 Å². The number of aromatic amines is 1. The van der Waals surface area contributed by atoms with Crippen molar-refractivity contribution < 1.29 is 4.39 Å². The fourth-order valence-corrected chi connectivity index (χ4v) is 2.82. The summed E-state index contributed by atoms with van der Waals surface area (Å²) in [6.45, 7) is 1.91. The molecule has 108 valence electrons. The molecule has 2 aromatic carbocycles. The first-order valence-corrected chi connectivity index (χ1v) is 7.15. The molecule has 21 heavy (non-hydrogen) atoms. The molecular weight excluding hydrogens is 312 g/mol. The van der Waals surface area contributed by atoms with E-state index in [2.05, 4.69) is 15.5 Å². The van der Waals surface area contributed by atoms with Crippen molar-refractivity contribution in [2.45, 2.75) is 13.0 Å². The number of benzene rings is 2. The minimum absolute atomic E-state index is 0.0212. The normalized spacial score (nSPS) is 12.6. The van der Waals surface area contributed by atoms with Gasteiger partial charge in [0.25, 0.3) is 0 Å². The third kappa shape index (κ3) is 2.69. The van der Waals surface area contributed by atoms with E-state index >= 15 is 0 Å². The van der Waals surface area contributed by atoms with Crippen LogP contribution in [0.4, 0.5) is 10.1 Å². The molecule has 2 N–H and O–H groups in total. The van der Waals surface area contributed by atoms with Gasteiger partial charge in [0, 0.05) is 16.1 Å². The second-order valence-electron chi connectivity index (χ2n) is 4.79. The van der Waals surface area contributed by atoms with Gasteiger partial charge in [0.05, 0.1) is 22.8 Å². The van der Waals surface area contributed by atoms with E-state index in [0.717, 1.165) is 16.6 Å². The zero-order chi connectivity index (χ0) is 15.0. The number of hydrogen-bond donors (Lipinski definition) is 2. The Morgan fingerprint density at radius 1 is 1.24 bits per heavy atom. The maximum absolute atomic E-state index is 13.6. The number of H-pyrrole nitrogens is 1. The minimum atomic E-state index is -0.480. The standard InChI is InChI=1S/C15H12Cl2FN3/c1-8(9-5-13(18)12(17)6-11(9)16)20-14-3-2-4-15-10(14)7-19-21-15/h2-8,20H,1H3,(H,19,21). The van der Waals surface area contributed by atoms with Gasteiger partial charge in [0.15, 0.2) is 0 Å². The van der Waals surface area contributed by atoms with Crippen molar-refractivity contribution in [2.24, 2.45) is 0 Å². The lowest BCUT2D eigenvalue weighted by Gasteiger charge is -2.18. The first kappa shape index (κ1) is 14.2. The van der Waals surface area contributed by atoms with E-state index in [1.165, 1.54) is 12.1 Å². The summed E-state index contributed by atoms with van der Waals surface area (Å²) >= 11 is 11.9. The van der Waals surface area contributed by atoms with Crippen molar-refractivity contribution in [3.05, 3.63) is 58.0 Å². The summed E-state index contributed by atoms with van der Waals surface area (Å²) in [6, 6.07) is 8.40.